The van der Waals surface area contributed by atoms with Crippen LogP contribution in [0.3, 0.4) is 0 Å². The van der Waals surface area contributed by atoms with Crippen LogP contribution in [0.2, 0.25) is 0 Å². The predicted octanol–water partition coefficient (Wildman–Crippen LogP) is 4.10. The van der Waals surface area contributed by atoms with Crippen molar-refractivity contribution in [2.24, 2.45) is 5.10 Å². The SMILES string of the molecule is CCOC(=O)COc1ccc(/C=N/NC(F)(F)C(F)(F)C(F)(F)F)cc1Br. The fraction of sp³-hybridized carbons (Fsp3) is 0.429. The van der Waals surface area contributed by atoms with Gasteiger partial charge in [0.25, 0.3) is 0 Å². The zero-order valence-electron chi connectivity index (χ0n) is 13.4. The topological polar surface area (TPSA) is 59.9 Å². The molecule has 0 saturated carbocycles. The molecule has 13 heteroatoms. The van der Waals surface area contributed by atoms with E-state index in [1.54, 1.807) is 6.92 Å². The van der Waals surface area contributed by atoms with Gasteiger partial charge < -0.3 is 9.47 Å². The molecule has 27 heavy (non-hydrogen) atoms. The fourth-order valence-electron chi connectivity index (χ4n) is 1.49. The number of nitrogens with zero attached hydrogens (tertiary/aromatic N) is 1. The van der Waals surface area contributed by atoms with E-state index in [0.717, 1.165) is 0 Å². The molecule has 0 unspecified atom stereocenters. The molecule has 0 spiro atoms. The molecule has 1 aromatic rings. The lowest BCUT2D eigenvalue weighted by molar-refractivity contribution is -0.361. The van der Waals surface area contributed by atoms with Crippen molar-refractivity contribution in [2.45, 2.75) is 25.1 Å². The van der Waals surface area contributed by atoms with Gasteiger partial charge in [0.2, 0.25) is 0 Å². The number of carbonyl (C=O) groups excluding carboxylic acids is 1. The molecule has 0 aromatic heterocycles. The van der Waals surface area contributed by atoms with E-state index < -0.39 is 30.7 Å². The van der Waals surface area contributed by atoms with Crippen LogP contribution in [-0.2, 0) is 9.53 Å². The fourth-order valence-corrected chi connectivity index (χ4v) is 2.00. The Hall–Kier alpha value is -2.05. The molecule has 1 aromatic carbocycles. The number of rotatable bonds is 8. The van der Waals surface area contributed by atoms with Crippen molar-refractivity contribution >= 4 is 28.1 Å². The number of benzene rings is 1. The summed E-state index contributed by atoms with van der Waals surface area (Å²) in [6.45, 7) is 1.36. The van der Waals surface area contributed by atoms with Gasteiger partial charge in [-0.1, -0.05) is 0 Å². The number of hydrogen-bond donors (Lipinski definition) is 1. The standard InChI is InChI=1S/C14H12BrF7N2O3/c1-2-26-11(25)7-27-10-4-3-8(5-9(10)15)6-23-24-14(21,22)12(16,17)13(18,19)20/h3-6,24H,2,7H2,1H3/b23-6+. The number of alkyl halides is 7. The number of halogens is 8. The van der Waals surface area contributed by atoms with Crippen molar-refractivity contribution in [3.8, 4) is 5.75 Å². The monoisotopic (exact) mass is 468 g/mol. The number of hydrogen-bond acceptors (Lipinski definition) is 5. The second-order valence-corrected chi connectivity index (χ2v) is 5.65. The van der Waals surface area contributed by atoms with Crippen LogP contribution < -0.4 is 10.2 Å². The molecule has 0 radical (unpaired) electrons. The van der Waals surface area contributed by atoms with Crippen LogP contribution in [0.15, 0.2) is 27.8 Å². The van der Waals surface area contributed by atoms with E-state index in [1.165, 1.54) is 18.2 Å². The number of ether oxygens (including phenoxy) is 2. The lowest BCUT2D eigenvalue weighted by Crippen LogP contribution is -2.58. The molecular formula is C14H12BrF7N2O3. The number of esters is 1. The van der Waals surface area contributed by atoms with Crippen molar-refractivity contribution in [1.82, 2.24) is 5.43 Å². The minimum Gasteiger partial charge on any atom is -0.481 e. The summed E-state index contributed by atoms with van der Waals surface area (Å²) in [6.07, 6.45) is -5.86. The summed E-state index contributed by atoms with van der Waals surface area (Å²) in [4.78, 5) is 11.2. The van der Waals surface area contributed by atoms with Gasteiger partial charge in [-0.05, 0) is 46.6 Å². The highest BCUT2D eigenvalue weighted by atomic mass is 79.9. The maximum absolute atomic E-state index is 13.0. The highest BCUT2D eigenvalue weighted by Crippen LogP contribution is 2.44. The van der Waals surface area contributed by atoms with Crippen LogP contribution in [0.25, 0.3) is 0 Å². The molecule has 0 aliphatic heterocycles. The molecule has 0 amide bonds. The molecule has 0 aliphatic carbocycles. The van der Waals surface area contributed by atoms with Crippen LogP contribution in [0, 0.1) is 0 Å². The molecule has 0 heterocycles. The number of hydrazone groups is 1. The van der Waals surface area contributed by atoms with Crippen LogP contribution in [0.5, 0.6) is 5.75 Å². The highest BCUT2D eigenvalue weighted by Gasteiger charge is 2.73. The van der Waals surface area contributed by atoms with E-state index in [1.807, 2.05) is 0 Å². The summed E-state index contributed by atoms with van der Waals surface area (Å²) < 4.78 is 97.3. The Morgan fingerprint density at radius 2 is 1.85 bits per heavy atom. The van der Waals surface area contributed by atoms with E-state index in [4.69, 9.17) is 4.74 Å². The first kappa shape index (κ1) is 23.0. The predicted molar refractivity (Wildman–Crippen MR) is 82.9 cm³/mol. The van der Waals surface area contributed by atoms with E-state index >= 15 is 0 Å². The van der Waals surface area contributed by atoms with Gasteiger partial charge >= 0.3 is 24.1 Å². The van der Waals surface area contributed by atoms with Crippen molar-refractivity contribution in [3.05, 3.63) is 28.2 Å². The Bertz CT molecular complexity index is 696. The summed E-state index contributed by atoms with van der Waals surface area (Å²) in [7, 11) is 0. The first-order valence-electron chi connectivity index (χ1n) is 7.02. The molecule has 152 valence electrons. The van der Waals surface area contributed by atoms with Gasteiger partial charge in [0.05, 0.1) is 17.3 Å². The molecular weight excluding hydrogens is 457 g/mol. The summed E-state index contributed by atoms with van der Waals surface area (Å²) in [6, 6.07) is -1.89. The quantitative estimate of drug-likeness (QED) is 0.205. The Morgan fingerprint density at radius 3 is 2.37 bits per heavy atom. The van der Waals surface area contributed by atoms with Crippen molar-refractivity contribution in [3.63, 3.8) is 0 Å². The van der Waals surface area contributed by atoms with Gasteiger partial charge in [-0.25, -0.2) is 10.2 Å². The average Bonchev–Trinajstić information content (AvgIpc) is 2.53. The Morgan fingerprint density at radius 1 is 1.22 bits per heavy atom. The van der Waals surface area contributed by atoms with E-state index in [0.29, 0.717) is 11.6 Å². The first-order chi connectivity index (χ1) is 12.3. The molecule has 0 fully saturated rings. The maximum atomic E-state index is 13.0. The van der Waals surface area contributed by atoms with Crippen LogP contribution in [0.4, 0.5) is 30.7 Å². The van der Waals surface area contributed by atoms with E-state index in [-0.39, 0.29) is 22.4 Å². The van der Waals surface area contributed by atoms with Crippen molar-refractivity contribution < 1.29 is 45.0 Å². The third-order valence-electron chi connectivity index (χ3n) is 2.78. The number of carbonyl (C=O) groups is 1. The first-order valence-corrected chi connectivity index (χ1v) is 7.81. The van der Waals surface area contributed by atoms with Gasteiger partial charge in [0.1, 0.15) is 5.75 Å². The third-order valence-corrected chi connectivity index (χ3v) is 3.40. The van der Waals surface area contributed by atoms with Gasteiger partial charge in [-0.15, -0.1) is 0 Å². The van der Waals surface area contributed by atoms with Gasteiger partial charge in [-0.3, -0.25) is 0 Å². The summed E-state index contributed by atoms with van der Waals surface area (Å²) in [5.41, 5.74) is 0.560. The molecule has 0 aliphatic rings. The minimum absolute atomic E-state index is 0.0592. The molecule has 1 N–H and O–H groups in total. The largest absolute Gasteiger partial charge is 0.481 e. The average molecular weight is 469 g/mol. The number of nitrogens with one attached hydrogen (secondary N) is 1. The maximum Gasteiger partial charge on any atom is 0.462 e. The Labute approximate surface area is 156 Å². The van der Waals surface area contributed by atoms with Gasteiger partial charge in [-0.2, -0.15) is 35.8 Å². The second kappa shape index (κ2) is 8.76. The second-order valence-electron chi connectivity index (χ2n) is 4.80. The van der Waals surface area contributed by atoms with Crippen molar-refractivity contribution in [1.29, 1.82) is 0 Å². The van der Waals surface area contributed by atoms with E-state index in [2.05, 4.69) is 25.8 Å². The molecule has 5 nitrogen and oxygen atoms in total. The molecule has 0 saturated heterocycles. The van der Waals surface area contributed by atoms with Crippen LogP contribution >= 0.6 is 15.9 Å². The van der Waals surface area contributed by atoms with Crippen molar-refractivity contribution in [2.75, 3.05) is 13.2 Å². The summed E-state index contributed by atoms with van der Waals surface area (Å²) >= 11 is 3.05. The molecule has 1 rings (SSSR count). The van der Waals surface area contributed by atoms with E-state index in [9.17, 15) is 35.5 Å². The zero-order chi connectivity index (χ0) is 20.9. The Balaban J connectivity index is 2.77. The normalized spacial score (nSPS) is 12.9. The smallest absolute Gasteiger partial charge is 0.462 e. The third kappa shape index (κ3) is 5.97. The summed E-state index contributed by atoms with van der Waals surface area (Å²) in [5, 5.41) is 2.72. The van der Waals surface area contributed by atoms with Crippen LogP contribution in [-0.4, -0.2) is 43.5 Å². The summed E-state index contributed by atoms with van der Waals surface area (Å²) in [5.74, 6) is -6.78. The zero-order valence-corrected chi connectivity index (χ0v) is 15.0. The Kier molecular flexibility index (Phi) is 7.46. The molecule has 0 atom stereocenters. The van der Waals surface area contributed by atoms with Gasteiger partial charge in [0, 0.05) is 0 Å². The lowest BCUT2D eigenvalue weighted by Gasteiger charge is -2.27. The minimum atomic E-state index is -6.46. The van der Waals surface area contributed by atoms with Gasteiger partial charge in [0.15, 0.2) is 6.61 Å². The lowest BCUT2D eigenvalue weighted by atomic mass is 10.2. The molecule has 0 bridgehead atoms. The highest BCUT2D eigenvalue weighted by molar-refractivity contribution is 9.10. The van der Waals surface area contributed by atoms with Crippen LogP contribution in [0.1, 0.15) is 12.5 Å².